The molecule has 4 heterocycles. The van der Waals surface area contributed by atoms with Crippen LogP contribution in [0.15, 0.2) is 35.1 Å². The van der Waals surface area contributed by atoms with E-state index in [1.807, 2.05) is 13.0 Å². The van der Waals surface area contributed by atoms with Crippen molar-refractivity contribution in [2.24, 2.45) is 0 Å². The topological polar surface area (TPSA) is 105 Å². The third-order valence-electron chi connectivity index (χ3n) is 7.84. The Hall–Kier alpha value is -3.28. The molecule has 5 rings (SSSR count). The van der Waals surface area contributed by atoms with Gasteiger partial charge in [0.1, 0.15) is 12.0 Å². The van der Waals surface area contributed by atoms with Crippen molar-refractivity contribution < 1.29 is 14.6 Å². The van der Waals surface area contributed by atoms with E-state index in [0.717, 1.165) is 34.6 Å². The number of aliphatic hydroxyl groups is 1. The van der Waals surface area contributed by atoms with Gasteiger partial charge in [-0.1, -0.05) is 44.3 Å². The summed E-state index contributed by atoms with van der Waals surface area (Å²) in [5, 5.41) is 21.5. The molecule has 1 aromatic carbocycles. The lowest BCUT2D eigenvalue weighted by Crippen LogP contribution is -2.47. The minimum atomic E-state index is -1.86. The molecule has 0 fully saturated rings. The van der Waals surface area contributed by atoms with E-state index in [-0.39, 0.29) is 12.2 Å². The van der Waals surface area contributed by atoms with Crippen LogP contribution in [0.4, 0.5) is 0 Å². The van der Waals surface area contributed by atoms with E-state index in [0.29, 0.717) is 36.2 Å². The minimum absolute atomic E-state index is 0.0760. The zero-order valence-electron chi connectivity index (χ0n) is 20.4. The summed E-state index contributed by atoms with van der Waals surface area (Å²) < 4.78 is 7.04. The lowest BCUT2D eigenvalue weighted by Gasteiger charge is -2.34. The number of cyclic esters (lactones) is 1. The molecule has 0 aliphatic carbocycles. The number of fused-ring (bicyclic) bond motifs is 5. The molecule has 0 saturated heterocycles. The number of aromatic nitrogens is 2. The number of esters is 1. The monoisotopic (exact) mass is 487 g/mol. The summed E-state index contributed by atoms with van der Waals surface area (Å²) in [7, 11) is -1.86. The summed E-state index contributed by atoms with van der Waals surface area (Å²) in [6.45, 7) is 6.37. The van der Waals surface area contributed by atoms with Crippen LogP contribution in [0.25, 0.3) is 22.3 Å². The average molecular weight is 488 g/mol. The highest BCUT2D eigenvalue weighted by atomic mass is 28.3. The molecule has 0 amide bonds. The summed E-state index contributed by atoms with van der Waals surface area (Å²) in [6.07, 6.45) is 1.76. The van der Waals surface area contributed by atoms with Crippen LogP contribution in [0.5, 0.6) is 0 Å². The summed E-state index contributed by atoms with van der Waals surface area (Å²) >= 11 is 0. The Balaban J connectivity index is 1.71. The van der Waals surface area contributed by atoms with E-state index in [9.17, 15) is 14.7 Å². The number of carbonyl (C=O) groups is 1. The van der Waals surface area contributed by atoms with Crippen molar-refractivity contribution in [2.75, 3.05) is 6.61 Å². The smallest absolute Gasteiger partial charge is 0.319 e. The van der Waals surface area contributed by atoms with Gasteiger partial charge in [0.05, 0.1) is 49.8 Å². The van der Waals surface area contributed by atoms with Gasteiger partial charge in [-0.15, -0.1) is 0 Å². The maximum Gasteiger partial charge on any atom is 0.319 e. The van der Waals surface area contributed by atoms with E-state index in [2.05, 4.69) is 43.4 Å². The van der Waals surface area contributed by atoms with Crippen LogP contribution >= 0.6 is 0 Å². The average Bonchev–Trinajstić information content (AvgIpc) is 3.20. The lowest BCUT2D eigenvalue weighted by atomic mass is 9.75. The van der Waals surface area contributed by atoms with Crippen molar-refractivity contribution in [3.8, 4) is 17.5 Å². The fourth-order valence-electron chi connectivity index (χ4n) is 5.64. The summed E-state index contributed by atoms with van der Waals surface area (Å²) in [6, 6.07) is 13.5. The van der Waals surface area contributed by atoms with E-state index in [4.69, 9.17) is 15.0 Å². The Bertz CT molecular complexity index is 1460. The van der Waals surface area contributed by atoms with Crippen LogP contribution in [0, 0.1) is 11.3 Å². The zero-order valence-corrected chi connectivity index (χ0v) is 21.4. The molecule has 2 aliphatic heterocycles. The zero-order chi connectivity index (χ0) is 25.0. The van der Waals surface area contributed by atoms with Gasteiger partial charge in [0.2, 0.25) is 0 Å². The largest absolute Gasteiger partial charge is 0.460 e. The Morgan fingerprint density at radius 2 is 2.09 bits per heavy atom. The number of unbranched alkanes of at least 4 members (excludes halogenated alkanes) is 1. The molecular weight excluding hydrogens is 458 g/mol. The molecule has 2 aromatic heterocycles. The number of nitriles is 1. The van der Waals surface area contributed by atoms with Gasteiger partial charge in [-0.25, -0.2) is 4.98 Å². The number of aliphatic hydroxyl groups excluding tert-OH is 1. The van der Waals surface area contributed by atoms with Gasteiger partial charge in [-0.3, -0.25) is 9.59 Å². The van der Waals surface area contributed by atoms with Crippen molar-refractivity contribution in [3.05, 3.63) is 57.4 Å². The Kier molecular flexibility index (Phi) is 5.65. The number of nitrogens with zero attached hydrogens (tertiary/aromatic N) is 3. The number of hydrogen-bond acceptors (Lipinski definition) is 6. The van der Waals surface area contributed by atoms with Gasteiger partial charge >= 0.3 is 5.97 Å². The van der Waals surface area contributed by atoms with E-state index < -0.39 is 26.1 Å². The lowest BCUT2D eigenvalue weighted by molar-refractivity contribution is -0.156. The van der Waals surface area contributed by atoms with Crippen LogP contribution < -0.4 is 10.7 Å². The Morgan fingerprint density at radius 1 is 1.29 bits per heavy atom. The second-order valence-corrected chi connectivity index (χ2v) is 15.1. The number of benzene rings is 1. The highest BCUT2D eigenvalue weighted by Crippen LogP contribution is 2.39. The van der Waals surface area contributed by atoms with Crippen LogP contribution in [0.3, 0.4) is 0 Å². The first kappa shape index (κ1) is 23.5. The summed E-state index contributed by atoms with van der Waals surface area (Å²) in [5.41, 5.74) is 2.93. The van der Waals surface area contributed by atoms with Crippen molar-refractivity contribution in [3.63, 3.8) is 0 Å². The summed E-state index contributed by atoms with van der Waals surface area (Å²) in [4.78, 5) is 31.4. The first-order chi connectivity index (χ1) is 16.8. The number of pyridine rings is 2. The van der Waals surface area contributed by atoms with Crippen molar-refractivity contribution in [1.82, 2.24) is 9.55 Å². The molecule has 0 radical (unpaired) electrons. The number of rotatable bonds is 6. The molecule has 3 aromatic rings. The van der Waals surface area contributed by atoms with Gasteiger partial charge in [-0.2, -0.15) is 5.26 Å². The van der Waals surface area contributed by atoms with Gasteiger partial charge in [0, 0.05) is 17.4 Å². The first-order valence-corrected chi connectivity index (χ1v) is 15.3. The summed E-state index contributed by atoms with van der Waals surface area (Å²) in [5.74, 6) is -0.489. The molecule has 0 saturated carbocycles. The van der Waals surface area contributed by atoms with Crippen LogP contribution in [-0.2, 0) is 28.1 Å². The molecule has 180 valence electrons. The standard InChI is InChI=1S/C27H29N3O4Si/c1-4-27(16-31)20-13-21-23-18(14-30(21)25(32)19(20)15-34-26(27)33)12-17-8-7-9-22(24(17)29-23)35(2,3)11-6-5-10-28/h7-9,12-13,31H,4-6,11,14-16H2,1-3H3. The molecule has 2 aliphatic rings. The molecule has 7 nitrogen and oxygen atoms in total. The second kappa shape index (κ2) is 8.43. The first-order valence-electron chi connectivity index (χ1n) is 12.1. The minimum Gasteiger partial charge on any atom is -0.460 e. The van der Waals surface area contributed by atoms with E-state index >= 15 is 0 Å². The number of hydrogen-bond donors (Lipinski definition) is 1. The van der Waals surface area contributed by atoms with E-state index in [1.54, 1.807) is 4.57 Å². The highest BCUT2D eigenvalue weighted by molar-refractivity contribution is 6.91. The molecule has 0 spiro atoms. The van der Waals surface area contributed by atoms with Gasteiger partial charge in [0.25, 0.3) is 5.56 Å². The van der Waals surface area contributed by atoms with E-state index in [1.165, 1.54) is 5.19 Å². The SMILES string of the molecule is CCC1(CO)C(=O)OCc2c1cc1n(c2=O)Cc2cc3cccc([Si](C)(C)CCCC#N)c3nc2-1. The Labute approximate surface area is 205 Å². The van der Waals surface area contributed by atoms with Crippen LogP contribution in [-0.4, -0.2) is 35.3 Å². The normalized spacial score (nSPS) is 18.5. The van der Waals surface area contributed by atoms with Gasteiger partial charge in [-0.05, 0) is 35.7 Å². The van der Waals surface area contributed by atoms with Crippen molar-refractivity contribution in [2.45, 2.75) is 63.9 Å². The Morgan fingerprint density at radius 3 is 2.80 bits per heavy atom. The molecular formula is C27H29N3O4Si. The molecule has 8 heteroatoms. The maximum atomic E-state index is 13.5. The van der Waals surface area contributed by atoms with Crippen molar-refractivity contribution in [1.29, 1.82) is 5.26 Å². The predicted molar refractivity (Wildman–Crippen MR) is 136 cm³/mol. The number of carbonyl (C=O) groups excluding carboxylic acids is 1. The second-order valence-electron chi connectivity index (χ2n) is 10.3. The molecule has 0 bridgehead atoms. The van der Waals surface area contributed by atoms with Gasteiger partial charge in [0.15, 0.2) is 0 Å². The van der Waals surface area contributed by atoms with Crippen LogP contribution in [0.2, 0.25) is 19.1 Å². The molecule has 1 atom stereocenters. The molecule has 35 heavy (non-hydrogen) atoms. The molecule has 1 N–H and O–H groups in total. The predicted octanol–water partition coefficient (Wildman–Crippen LogP) is 3.34. The highest BCUT2D eigenvalue weighted by Gasteiger charge is 2.46. The third kappa shape index (κ3) is 3.45. The third-order valence-corrected chi connectivity index (χ3v) is 11.3. The fourth-order valence-corrected chi connectivity index (χ4v) is 8.35. The quantitative estimate of drug-likeness (QED) is 0.254. The number of ether oxygens (including phenoxy) is 1. The molecule has 1 unspecified atom stereocenters. The van der Waals surface area contributed by atoms with Gasteiger partial charge < -0.3 is 14.4 Å². The number of para-hydroxylation sites is 1. The van der Waals surface area contributed by atoms with Crippen LogP contribution in [0.1, 0.15) is 42.9 Å². The fraction of sp³-hybridized carbons (Fsp3) is 0.407. The van der Waals surface area contributed by atoms with Crippen molar-refractivity contribution >= 4 is 30.1 Å². The maximum absolute atomic E-state index is 13.5.